The molecule has 0 bridgehead atoms. The quantitative estimate of drug-likeness (QED) is 0.442. The minimum atomic E-state index is -0.00428. The molecule has 0 aliphatic carbocycles. The van der Waals surface area contributed by atoms with Gasteiger partial charge in [0.15, 0.2) is 0 Å². The van der Waals surface area contributed by atoms with Gasteiger partial charge >= 0.3 is 70.9 Å². The first kappa shape index (κ1) is 6.27. The molecule has 0 aromatic heterocycles. The minimum absolute atomic E-state index is 0.00428. The second kappa shape index (κ2) is 2.30. The van der Waals surface area contributed by atoms with E-state index in [9.17, 15) is 0 Å². The van der Waals surface area contributed by atoms with Crippen molar-refractivity contribution in [1.82, 2.24) is 0 Å². The number of benzene rings is 1. The molecule has 3 heteroatoms. The Kier molecular flexibility index (Phi) is 1.44. The van der Waals surface area contributed by atoms with Crippen LogP contribution in [0, 0.1) is 6.92 Å². The fourth-order valence-corrected chi connectivity index (χ4v) is 2.85. The first-order chi connectivity index (χ1) is 4.88. The number of rotatable bonds is 0. The summed E-state index contributed by atoms with van der Waals surface area (Å²) in [6, 6.07) is 6.32. The maximum absolute atomic E-state index is 3.37. The molecule has 1 aromatic rings. The van der Waals surface area contributed by atoms with Gasteiger partial charge in [0.1, 0.15) is 0 Å². The number of anilines is 2. The third-order valence-electron chi connectivity index (χ3n) is 1.56. The summed E-state index contributed by atoms with van der Waals surface area (Å²) in [6.45, 7) is 2.13. The van der Waals surface area contributed by atoms with E-state index in [4.69, 9.17) is 0 Å². The first-order valence-electron chi connectivity index (χ1n) is 3.12. The zero-order valence-corrected chi connectivity index (χ0v) is 7.77. The van der Waals surface area contributed by atoms with E-state index in [0.717, 1.165) is 0 Å². The Bertz CT molecular complexity index is 260. The molecule has 0 spiro atoms. The van der Waals surface area contributed by atoms with E-state index in [2.05, 4.69) is 32.2 Å². The van der Waals surface area contributed by atoms with Gasteiger partial charge in [-0.25, -0.2) is 0 Å². The molecule has 10 heavy (non-hydrogen) atoms. The average Bonchev–Trinajstić information content (AvgIpc) is 2.36. The van der Waals surface area contributed by atoms with Gasteiger partial charge in [0, 0.05) is 0 Å². The normalized spacial score (nSPS) is 14.5. The van der Waals surface area contributed by atoms with Crippen molar-refractivity contribution in [2.45, 2.75) is 6.92 Å². The van der Waals surface area contributed by atoms with Crippen LogP contribution >= 0.6 is 0 Å². The summed E-state index contributed by atoms with van der Waals surface area (Å²) in [4.78, 5) is 0. The Labute approximate surface area is 71.0 Å². The van der Waals surface area contributed by atoms with Crippen LogP contribution in [-0.2, 0) is 0 Å². The molecular weight excluding hydrogens is 239 g/mol. The van der Waals surface area contributed by atoms with E-state index in [0.29, 0.717) is 0 Å². The Hall–Kier alpha value is -0.450. The van der Waals surface area contributed by atoms with Crippen molar-refractivity contribution in [1.29, 1.82) is 0 Å². The molecule has 2 N–H and O–H groups in total. The van der Waals surface area contributed by atoms with Crippen LogP contribution in [-0.4, -0.2) is 0 Å². The first-order valence-corrected chi connectivity index (χ1v) is 5.28. The molecule has 2 rings (SSSR count). The number of fused-ring (bicyclic) bond motifs is 1. The Balaban J connectivity index is 2.59. The third kappa shape index (κ3) is 0.847. The number of para-hydroxylation sites is 1. The molecule has 1 heterocycles. The van der Waals surface area contributed by atoms with Gasteiger partial charge in [-0.1, -0.05) is 0 Å². The molecule has 2 nitrogen and oxygen atoms in total. The van der Waals surface area contributed by atoms with Gasteiger partial charge in [-0.3, -0.25) is 0 Å². The van der Waals surface area contributed by atoms with Crippen LogP contribution in [0.5, 0.6) is 0 Å². The summed E-state index contributed by atoms with van der Waals surface area (Å²) in [7, 11) is 0. The van der Waals surface area contributed by atoms with Crippen LogP contribution in [0.3, 0.4) is 0 Å². The van der Waals surface area contributed by atoms with Gasteiger partial charge in [-0.15, -0.1) is 0 Å². The molecule has 54 valence electrons. The van der Waals surface area contributed by atoms with Gasteiger partial charge < -0.3 is 0 Å². The van der Waals surface area contributed by atoms with E-state index in [1.165, 1.54) is 16.9 Å². The predicted octanol–water partition coefficient (Wildman–Crippen LogP) is -1.25. The fraction of sp³-hybridized carbons (Fsp3) is 0.143. The second-order valence-corrected chi connectivity index (χ2v) is 3.90. The molecule has 0 saturated heterocycles. The summed E-state index contributed by atoms with van der Waals surface area (Å²) >= 11 is -0.00428. The maximum atomic E-state index is 3.37. The van der Waals surface area contributed by atoms with Crippen LogP contribution in [0.4, 0.5) is 11.4 Å². The molecule has 1 aromatic carbocycles. The SMILES string of the molecule is Cc1cccc2c1N[I-]N2. The van der Waals surface area contributed by atoms with Crippen molar-refractivity contribution in [2.24, 2.45) is 0 Å². The van der Waals surface area contributed by atoms with Crippen LogP contribution in [0.15, 0.2) is 18.2 Å². The number of halogens is 1. The number of hydrogen-bond donors (Lipinski definition) is 2. The molecule has 0 atom stereocenters. The molecule has 0 radical (unpaired) electrons. The zero-order chi connectivity index (χ0) is 6.97. The summed E-state index contributed by atoms with van der Waals surface area (Å²) in [6.07, 6.45) is 0. The number of hydrogen-bond acceptors (Lipinski definition) is 2. The van der Waals surface area contributed by atoms with Gasteiger partial charge in [0.2, 0.25) is 0 Å². The van der Waals surface area contributed by atoms with Gasteiger partial charge in [-0.05, 0) is 0 Å². The molecule has 0 unspecified atom stereocenters. The Morgan fingerprint density at radius 1 is 1.30 bits per heavy atom. The molecule has 1 aliphatic heterocycles. The van der Waals surface area contributed by atoms with Crippen molar-refractivity contribution in [2.75, 3.05) is 7.06 Å². The van der Waals surface area contributed by atoms with E-state index in [1.807, 2.05) is 0 Å². The average molecular weight is 247 g/mol. The van der Waals surface area contributed by atoms with Crippen molar-refractivity contribution < 1.29 is 21.8 Å². The van der Waals surface area contributed by atoms with Gasteiger partial charge in [0.25, 0.3) is 0 Å². The van der Waals surface area contributed by atoms with Gasteiger partial charge in [-0.2, -0.15) is 0 Å². The monoisotopic (exact) mass is 247 g/mol. The zero-order valence-electron chi connectivity index (χ0n) is 5.61. The van der Waals surface area contributed by atoms with E-state index >= 15 is 0 Å². The summed E-state index contributed by atoms with van der Waals surface area (Å²) in [5, 5.41) is 0. The number of aryl methyl sites for hydroxylation is 1. The van der Waals surface area contributed by atoms with Crippen LogP contribution in [0.2, 0.25) is 0 Å². The van der Waals surface area contributed by atoms with Crippen molar-refractivity contribution >= 4 is 11.4 Å². The number of nitrogens with one attached hydrogen (secondary N) is 2. The second-order valence-electron chi connectivity index (χ2n) is 2.28. The van der Waals surface area contributed by atoms with Crippen molar-refractivity contribution in [3.8, 4) is 0 Å². The fourth-order valence-electron chi connectivity index (χ4n) is 0.994. The standard InChI is InChI=1S/C7H8IN2/c1-5-3-2-4-6-7(5)10-8-9-6/h2-4,9-10H,1H3/q-1. The van der Waals surface area contributed by atoms with E-state index in [-0.39, 0.29) is 21.8 Å². The van der Waals surface area contributed by atoms with Gasteiger partial charge in [0.05, 0.1) is 0 Å². The molecule has 0 saturated carbocycles. The topological polar surface area (TPSA) is 24.1 Å². The predicted molar refractivity (Wildman–Crippen MR) is 38.4 cm³/mol. The molecule has 0 amide bonds. The molecular formula is C7H8IN2-. The van der Waals surface area contributed by atoms with Crippen LogP contribution < -0.4 is 28.8 Å². The summed E-state index contributed by atoms with van der Waals surface area (Å²) in [5.74, 6) is 0. The Morgan fingerprint density at radius 2 is 2.20 bits per heavy atom. The van der Waals surface area contributed by atoms with Crippen LogP contribution in [0.1, 0.15) is 5.56 Å². The molecule has 0 fully saturated rings. The van der Waals surface area contributed by atoms with Crippen molar-refractivity contribution in [3.05, 3.63) is 23.8 Å². The summed E-state index contributed by atoms with van der Waals surface area (Å²) < 4.78 is 6.71. The van der Waals surface area contributed by atoms with E-state index < -0.39 is 0 Å². The van der Waals surface area contributed by atoms with E-state index in [1.54, 1.807) is 0 Å². The molecule has 1 aliphatic rings. The Morgan fingerprint density at radius 3 is 3.00 bits per heavy atom. The third-order valence-corrected chi connectivity index (χ3v) is 3.22. The van der Waals surface area contributed by atoms with Crippen molar-refractivity contribution in [3.63, 3.8) is 0 Å². The summed E-state index contributed by atoms with van der Waals surface area (Å²) in [5.41, 5.74) is 3.91. The van der Waals surface area contributed by atoms with Crippen LogP contribution in [0.25, 0.3) is 0 Å².